The molecule has 0 saturated carbocycles. The van der Waals surface area contributed by atoms with Crippen molar-refractivity contribution < 1.29 is 14.3 Å². The number of H-pyrrole nitrogens is 1. The van der Waals surface area contributed by atoms with Gasteiger partial charge in [-0.05, 0) is 73.6 Å². The number of benzene rings is 1. The molecule has 6 heteroatoms. The lowest BCUT2D eigenvalue weighted by atomic mass is 9.89. The number of amides is 1. The third kappa shape index (κ3) is 3.79. The van der Waals surface area contributed by atoms with E-state index in [0.717, 1.165) is 55.8 Å². The van der Waals surface area contributed by atoms with Gasteiger partial charge < -0.3 is 19.4 Å². The molecular weight excluding hydrogens is 366 g/mol. The summed E-state index contributed by atoms with van der Waals surface area (Å²) in [7, 11) is 1.67. The summed E-state index contributed by atoms with van der Waals surface area (Å²) in [6.45, 7) is 3.27. The molecule has 0 radical (unpaired) electrons. The summed E-state index contributed by atoms with van der Waals surface area (Å²) in [4.78, 5) is 21.3. The van der Waals surface area contributed by atoms with Gasteiger partial charge in [0, 0.05) is 24.3 Å². The number of rotatable bonds is 8. The highest BCUT2D eigenvalue weighted by atomic mass is 16.5. The Morgan fingerprint density at radius 3 is 3.03 bits per heavy atom. The van der Waals surface area contributed by atoms with Gasteiger partial charge in [-0.25, -0.2) is 4.98 Å². The standard InChI is InChI=1S/C23H27N3O3/c1-3-29-22-13-19-16(12-21(22)28-2)9-11-26(15-27)20(19)8-4-6-17-14-25-23-18(17)7-5-10-24-23/h5,7,10,12-15,20H,3-4,6,8-9,11H2,1-2H3,(H,24,25)/t20-/m0/s1. The third-order valence-corrected chi connectivity index (χ3v) is 5.72. The zero-order valence-corrected chi connectivity index (χ0v) is 17.0. The highest BCUT2D eigenvalue weighted by Crippen LogP contribution is 2.39. The summed E-state index contributed by atoms with van der Waals surface area (Å²) < 4.78 is 11.3. The zero-order valence-electron chi connectivity index (χ0n) is 17.0. The Balaban J connectivity index is 1.55. The van der Waals surface area contributed by atoms with E-state index in [4.69, 9.17) is 9.47 Å². The summed E-state index contributed by atoms with van der Waals surface area (Å²) in [5.74, 6) is 1.50. The van der Waals surface area contributed by atoms with Crippen molar-refractivity contribution in [3.05, 3.63) is 53.3 Å². The summed E-state index contributed by atoms with van der Waals surface area (Å²) in [5, 5.41) is 1.17. The van der Waals surface area contributed by atoms with Crippen LogP contribution in [-0.4, -0.2) is 41.5 Å². The van der Waals surface area contributed by atoms with Gasteiger partial charge in [-0.3, -0.25) is 4.79 Å². The minimum Gasteiger partial charge on any atom is -0.493 e. The van der Waals surface area contributed by atoms with E-state index in [1.165, 1.54) is 22.1 Å². The first-order chi connectivity index (χ1) is 14.2. The van der Waals surface area contributed by atoms with Crippen molar-refractivity contribution in [3.8, 4) is 11.5 Å². The summed E-state index contributed by atoms with van der Waals surface area (Å²) in [5.41, 5.74) is 4.61. The van der Waals surface area contributed by atoms with E-state index in [1.807, 2.05) is 24.1 Å². The van der Waals surface area contributed by atoms with E-state index >= 15 is 0 Å². The zero-order chi connectivity index (χ0) is 20.2. The average molecular weight is 393 g/mol. The first-order valence-corrected chi connectivity index (χ1v) is 10.2. The molecule has 4 rings (SSSR count). The van der Waals surface area contributed by atoms with Gasteiger partial charge in [-0.2, -0.15) is 0 Å². The maximum Gasteiger partial charge on any atom is 0.210 e. The number of carbonyl (C=O) groups excluding carboxylic acids is 1. The van der Waals surface area contributed by atoms with Gasteiger partial charge in [-0.15, -0.1) is 0 Å². The molecule has 1 atom stereocenters. The van der Waals surface area contributed by atoms with Crippen LogP contribution >= 0.6 is 0 Å². The Labute approximate surface area is 170 Å². The number of methoxy groups -OCH3 is 1. The Kier molecular flexibility index (Phi) is 5.69. The topological polar surface area (TPSA) is 67.5 Å². The van der Waals surface area contributed by atoms with Crippen molar-refractivity contribution >= 4 is 17.4 Å². The van der Waals surface area contributed by atoms with E-state index < -0.39 is 0 Å². The van der Waals surface area contributed by atoms with Crippen LogP contribution in [0.15, 0.2) is 36.7 Å². The number of nitrogens with one attached hydrogen (secondary N) is 1. The van der Waals surface area contributed by atoms with Crippen molar-refractivity contribution in [1.82, 2.24) is 14.9 Å². The molecule has 29 heavy (non-hydrogen) atoms. The van der Waals surface area contributed by atoms with Crippen LogP contribution in [0.2, 0.25) is 0 Å². The molecule has 0 unspecified atom stereocenters. The fourth-order valence-corrected chi connectivity index (χ4v) is 4.31. The molecule has 0 bridgehead atoms. The van der Waals surface area contributed by atoms with Gasteiger partial charge >= 0.3 is 0 Å². The van der Waals surface area contributed by atoms with Crippen LogP contribution in [0.1, 0.15) is 42.5 Å². The molecule has 1 aromatic carbocycles. The molecule has 3 aromatic rings. The largest absolute Gasteiger partial charge is 0.493 e. The molecule has 6 nitrogen and oxygen atoms in total. The Bertz CT molecular complexity index is 998. The molecule has 0 spiro atoms. The van der Waals surface area contributed by atoms with E-state index in [0.29, 0.717) is 6.61 Å². The second-order valence-electron chi connectivity index (χ2n) is 7.35. The lowest BCUT2D eigenvalue weighted by molar-refractivity contribution is -0.120. The minimum atomic E-state index is 0.0599. The summed E-state index contributed by atoms with van der Waals surface area (Å²) >= 11 is 0. The molecule has 1 aliphatic heterocycles. The van der Waals surface area contributed by atoms with Crippen molar-refractivity contribution in [2.75, 3.05) is 20.3 Å². The molecule has 0 saturated heterocycles. The maximum absolute atomic E-state index is 11.7. The van der Waals surface area contributed by atoms with Crippen molar-refractivity contribution in [2.45, 2.75) is 38.6 Å². The molecule has 1 aliphatic rings. The van der Waals surface area contributed by atoms with Crippen molar-refractivity contribution in [2.24, 2.45) is 0 Å². The summed E-state index contributed by atoms with van der Waals surface area (Å²) in [6, 6.07) is 8.26. The van der Waals surface area contributed by atoms with E-state index in [2.05, 4.69) is 28.2 Å². The van der Waals surface area contributed by atoms with Crippen LogP contribution in [0.3, 0.4) is 0 Å². The predicted octanol–water partition coefficient (Wildman–Crippen LogP) is 4.05. The number of hydrogen-bond acceptors (Lipinski definition) is 4. The lowest BCUT2D eigenvalue weighted by Crippen LogP contribution is -2.34. The van der Waals surface area contributed by atoms with E-state index in [9.17, 15) is 4.79 Å². The first kappa shape index (κ1) is 19.3. The molecule has 152 valence electrons. The Morgan fingerprint density at radius 1 is 1.34 bits per heavy atom. The second kappa shape index (κ2) is 8.55. The summed E-state index contributed by atoms with van der Waals surface area (Å²) in [6.07, 6.45) is 8.48. The third-order valence-electron chi connectivity index (χ3n) is 5.72. The number of nitrogens with zero attached hydrogens (tertiary/aromatic N) is 2. The monoisotopic (exact) mass is 393 g/mol. The lowest BCUT2D eigenvalue weighted by Gasteiger charge is -2.35. The van der Waals surface area contributed by atoms with Gasteiger partial charge in [0.1, 0.15) is 5.65 Å². The van der Waals surface area contributed by atoms with E-state index in [1.54, 1.807) is 13.3 Å². The Hall–Kier alpha value is -3.02. The first-order valence-electron chi connectivity index (χ1n) is 10.2. The number of carbonyl (C=O) groups is 1. The van der Waals surface area contributed by atoms with E-state index in [-0.39, 0.29) is 6.04 Å². The van der Waals surface area contributed by atoms with Crippen LogP contribution in [-0.2, 0) is 17.6 Å². The number of pyridine rings is 1. The number of hydrogen-bond donors (Lipinski definition) is 1. The molecule has 0 fully saturated rings. The van der Waals surface area contributed by atoms with Crippen LogP contribution in [0.4, 0.5) is 0 Å². The normalized spacial score (nSPS) is 15.9. The molecule has 3 heterocycles. The van der Waals surface area contributed by atoms with Crippen molar-refractivity contribution in [3.63, 3.8) is 0 Å². The molecule has 1 amide bonds. The predicted molar refractivity (Wildman–Crippen MR) is 112 cm³/mol. The fraction of sp³-hybridized carbons (Fsp3) is 0.391. The smallest absolute Gasteiger partial charge is 0.210 e. The minimum absolute atomic E-state index is 0.0599. The molecular formula is C23H27N3O3. The number of fused-ring (bicyclic) bond motifs is 2. The number of aromatic amines is 1. The van der Waals surface area contributed by atoms with Gasteiger partial charge in [0.2, 0.25) is 6.41 Å². The van der Waals surface area contributed by atoms with Crippen LogP contribution in [0, 0.1) is 0 Å². The van der Waals surface area contributed by atoms with Gasteiger partial charge in [0.15, 0.2) is 11.5 Å². The average Bonchev–Trinajstić information content (AvgIpc) is 3.17. The highest BCUT2D eigenvalue weighted by molar-refractivity contribution is 5.79. The number of aryl methyl sites for hydroxylation is 1. The Morgan fingerprint density at radius 2 is 2.24 bits per heavy atom. The van der Waals surface area contributed by atoms with Crippen LogP contribution < -0.4 is 9.47 Å². The van der Waals surface area contributed by atoms with Gasteiger partial charge in [0.25, 0.3) is 0 Å². The maximum atomic E-state index is 11.7. The second-order valence-corrected chi connectivity index (χ2v) is 7.35. The van der Waals surface area contributed by atoms with Gasteiger partial charge in [-0.1, -0.05) is 0 Å². The van der Waals surface area contributed by atoms with Crippen molar-refractivity contribution in [1.29, 1.82) is 0 Å². The fourth-order valence-electron chi connectivity index (χ4n) is 4.31. The molecule has 0 aliphatic carbocycles. The quantitative estimate of drug-likeness (QED) is 0.586. The van der Waals surface area contributed by atoms with Crippen LogP contribution in [0.25, 0.3) is 11.0 Å². The van der Waals surface area contributed by atoms with Gasteiger partial charge in [0.05, 0.1) is 19.8 Å². The highest BCUT2D eigenvalue weighted by Gasteiger charge is 2.28. The van der Waals surface area contributed by atoms with Crippen LogP contribution in [0.5, 0.6) is 11.5 Å². The molecule has 2 aromatic heterocycles. The number of aromatic nitrogens is 2. The molecule has 1 N–H and O–H groups in total. The SMILES string of the molecule is CCOc1cc2c(cc1OC)CCN(C=O)[C@H]2CCCc1c[nH]c2ncccc12. The number of ether oxygens (including phenoxy) is 2.